The fourth-order valence-electron chi connectivity index (χ4n) is 2.05. The van der Waals surface area contributed by atoms with Crippen molar-refractivity contribution in [1.29, 1.82) is 0 Å². The second kappa shape index (κ2) is 5.39. The van der Waals surface area contributed by atoms with Crippen LogP contribution in [0, 0.1) is 12.8 Å². The van der Waals surface area contributed by atoms with Crippen LogP contribution in [0.15, 0.2) is 0 Å². The van der Waals surface area contributed by atoms with E-state index in [9.17, 15) is 4.79 Å². The van der Waals surface area contributed by atoms with E-state index < -0.39 is 0 Å². The minimum atomic E-state index is 0.135. The summed E-state index contributed by atoms with van der Waals surface area (Å²) in [4.78, 5) is 19.3. The number of carbonyl (C=O) groups is 1. The van der Waals surface area contributed by atoms with E-state index in [1.54, 1.807) is 18.3 Å². The third kappa shape index (κ3) is 3.10. The Morgan fingerprint density at radius 3 is 2.61 bits per heavy atom. The average Bonchev–Trinajstić information content (AvgIpc) is 3.02. The number of ketones is 1. The van der Waals surface area contributed by atoms with Crippen molar-refractivity contribution >= 4 is 22.3 Å². The highest BCUT2D eigenvalue weighted by Crippen LogP contribution is 2.35. The number of hydrogen-bond acceptors (Lipinski definition) is 4. The van der Waals surface area contributed by atoms with Gasteiger partial charge in [-0.05, 0) is 32.1 Å². The van der Waals surface area contributed by atoms with Crippen molar-refractivity contribution in [1.82, 2.24) is 4.98 Å². The molecule has 1 fully saturated rings. The van der Waals surface area contributed by atoms with E-state index in [0.29, 0.717) is 12.0 Å². The van der Waals surface area contributed by atoms with Gasteiger partial charge >= 0.3 is 0 Å². The molecule has 0 radical (unpaired) electrons. The molecule has 0 amide bonds. The van der Waals surface area contributed by atoms with Crippen LogP contribution in [-0.2, 0) is 0 Å². The van der Waals surface area contributed by atoms with Crippen LogP contribution in [0.3, 0.4) is 0 Å². The van der Waals surface area contributed by atoms with Gasteiger partial charge in [-0.15, -0.1) is 0 Å². The summed E-state index contributed by atoms with van der Waals surface area (Å²) in [6.45, 7) is 9.12. The van der Waals surface area contributed by atoms with Crippen molar-refractivity contribution in [3.8, 4) is 0 Å². The van der Waals surface area contributed by atoms with Gasteiger partial charge in [-0.2, -0.15) is 0 Å². The molecule has 18 heavy (non-hydrogen) atoms. The summed E-state index contributed by atoms with van der Waals surface area (Å²) in [5.74, 6) is 0.843. The van der Waals surface area contributed by atoms with Crippen LogP contribution in [-0.4, -0.2) is 23.4 Å². The first kappa shape index (κ1) is 13.5. The summed E-state index contributed by atoms with van der Waals surface area (Å²) in [5, 5.41) is 1.04. The van der Waals surface area contributed by atoms with Crippen molar-refractivity contribution in [2.24, 2.45) is 5.92 Å². The van der Waals surface area contributed by atoms with Gasteiger partial charge in [-0.1, -0.05) is 25.2 Å². The summed E-state index contributed by atoms with van der Waals surface area (Å²) < 4.78 is 0. The number of Topliss-reactive ketones (excluding diaryl/α,β-unsaturated/α-hetero) is 1. The van der Waals surface area contributed by atoms with E-state index >= 15 is 0 Å². The molecule has 1 heterocycles. The maximum absolute atomic E-state index is 11.5. The lowest BCUT2D eigenvalue weighted by Crippen LogP contribution is -2.27. The van der Waals surface area contributed by atoms with Gasteiger partial charge in [0.1, 0.15) is 0 Å². The standard InChI is InChI=1S/C14H22N2OS/c1-9(2)7-8-16(12-5-6-12)14-15-10(3)13(18-14)11(4)17/h9,12H,5-8H2,1-4H3. The molecule has 0 aromatic carbocycles. The van der Waals surface area contributed by atoms with E-state index in [-0.39, 0.29) is 5.78 Å². The molecule has 0 N–H and O–H groups in total. The van der Waals surface area contributed by atoms with Crippen LogP contribution in [0.1, 0.15) is 55.4 Å². The van der Waals surface area contributed by atoms with E-state index in [4.69, 9.17) is 0 Å². The van der Waals surface area contributed by atoms with Crippen LogP contribution in [0.2, 0.25) is 0 Å². The Hall–Kier alpha value is -0.900. The van der Waals surface area contributed by atoms with Crippen LogP contribution in [0.25, 0.3) is 0 Å². The first-order chi connectivity index (χ1) is 8.49. The molecule has 1 aliphatic rings. The smallest absolute Gasteiger partial charge is 0.186 e. The summed E-state index contributed by atoms with van der Waals surface area (Å²) in [6, 6.07) is 0.661. The zero-order valence-electron chi connectivity index (χ0n) is 11.7. The molecule has 0 atom stereocenters. The fourth-order valence-corrected chi connectivity index (χ4v) is 3.11. The Balaban J connectivity index is 2.15. The number of aryl methyl sites for hydroxylation is 1. The fraction of sp³-hybridized carbons (Fsp3) is 0.714. The quantitative estimate of drug-likeness (QED) is 0.737. The van der Waals surface area contributed by atoms with Crippen molar-refractivity contribution in [2.45, 2.75) is 53.0 Å². The predicted octanol–water partition coefficient (Wildman–Crippen LogP) is 3.67. The third-order valence-corrected chi connectivity index (χ3v) is 4.58. The second-order valence-electron chi connectivity index (χ2n) is 5.57. The van der Waals surface area contributed by atoms with E-state index in [1.165, 1.54) is 19.3 Å². The molecule has 1 aliphatic carbocycles. The van der Waals surface area contributed by atoms with Crippen LogP contribution in [0.5, 0.6) is 0 Å². The van der Waals surface area contributed by atoms with Crippen molar-refractivity contribution in [2.75, 3.05) is 11.4 Å². The molecule has 4 heteroatoms. The molecule has 0 bridgehead atoms. The molecule has 1 aromatic heterocycles. The first-order valence-corrected chi connectivity index (χ1v) is 7.55. The number of thiazole rings is 1. The van der Waals surface area contributed by atoms with Crippen LogP contribution in [0.4, 0.5) is 5.13 Å². The minimum absolute atomic E-state index is 0.135. The highest BCUT2D eigenvalue weighted by atomic mass is 32.1. The topological polar surface area (TPSA) is 33.2 Å². The summed E-state index contributed by atoms with van der Waals surface area (Å²) >= 11 is 1.56. The highest BCUT2D eigenvalue weighted by molar-refractivity contribution is 7.17. The van der Waals surface area contributed by atoms with Gasteiger partial charge in [-0.3, -0.25) is 4.79 Å². The molecule has 1 aromatic rings. The van der Waals surface area contributed by atoms with Gasteiger partial charge in [0, 0.05) is 19.5 Å². The molecular formula is C14H22N2OS. The highest BCUT2D eigenvalue weighted by Gasteiger charge is 2.31. The number of carbonyl (C=O) groups excluding carboxylic acids is 1. The lowest BCUT2D eigenvalue weighted by Gasteiger charge is -2.22. The molecule has 0 unspecified atom stereocenters. The van der Waals surface area contributed by atoms with Crippen molar-refractivity contribution in [3.05, 3.63) is 10.6 Å². The monoisotopic (exact) mass is 266 g/mol. The lowest BCUT2D eigenvalue weighted by atomic mass is 10.1. The lowest BCUT2D eigenvalue weighted by molar-refractivity contribution is 0.102. The summed E-state index contributed by atoms with van der Waals surface area (Å²) in [7, 11) is 0. The van der Waals surface area contributed by atoms with Crippen LogP contribution < -0.4 is 4.90 Å². The van der Waals surface area contributed by atoms with Gasteiger partial charge in [0.15, 0.2) is 10.9 Å². The van der Waals surface area contributed by atoms with Gasteiger partial charge in [0.05, 0.1) is 10.6 Å². The maximum Gasteiger partial charge on any atom is 0.186 e. The minimum Gasteiger partial charge on any atom is -0.345 e. The van der Waals surface area contributed by atoms with Crippen molar-refractivity contribution < 1.29 is 4.79 Å². The zero-order valence-corrected chi connectivity index (χ0v) is 12.5. The zero-order chi connectivity index (χ0) is 13.3. The van der Waals surface area contributed by atoms with E-state index in [0.717, 1.165) is 22.2 Å². The number of nitrogens with zero attached hydrogens (tertiary/aromatic N) is 2. The predicted molar refractivity (Wildman–Crippen MR) is 76.7 cm³/mol. The van der Waals surface area contributed by atoms with Gasteiger partial charge < -0.3 is 4.90 Å². The molecule has 0 aliphatic heterocycles. The normalized spacial score (nSPS) is 15.2. The molecule has 0 saturated heterocycles. The van der Waals surface area contributed by atoms with E-state index in [1.807, 2.05) is 6.92 Å². The third-order valence-electron chi connectivity index (χ3n) is 3.29. The first-order valence-electron chi connectivity index (χ1n) is 6.74. The van der Waals surface area contributed by atoms with Crippen LogP contribution >= 0.6 is 11.3 Å². The number of anilines is 1. The number of aromatic nitrogens is 1. The number of rotatable bonds is 6. The molecular weight excluding hydrogens is 244 g/mol. The Labute approximate surface area is 113 Å². The maximum atomic E-state index is 11.5. The van der Waals surface area contributed by atoms with Crippen molar-refractivity contribution in [3.63, 3.8) is 0 Å². The average molecular weight is 266 g/mol. The molecule has 1 saturated carbocycles. The Morgan fingerprint density at radius 2 is 2.17 bits per heavy atom. The van der Waals surface area contributed by atoms with Gasteiger partial charge in [0.2, 0.25) is 0 Å². The summed E-state index contributed by atoms with van der Waals surface area (Å²) in [6.07, 6.45) is 3.72. The Bertz CT molecular complexity index is 435. The molecule has 2 rings (SSSR count). The van der Waals surface area contributed by atoms with Gasteiger partial charge in [0.25, 0.3) is 0 Å². The summed E-state index contributed by atoms with van der Waals surface area (Å²) in [5.41, 5.74) is 0.887. The molecule has 3 nitrogen and oxygen atoms in total. The van der Waals surface area contributed by atoms with E-state index in [2.05, 4.69) is 23.7 Å². The van der Waals surface area contributed by atoms with Gasteiger partial charge in [-0.25, -0.2) is 4.98 Å². The Morgan fingerprint density at radius 1 is 1.50 bits per heavy atom. The molecule has 0 spiro atoms. The molecule has 100 valence electrons. The second-order valence-corrected chi connectivity index (χ2v) is 6.55. The number of hydrogen-bond donors (Lipinski definition) is 0. The SMILES string of the molecule is CC(=O)c1sc(N(CCC(C)C)C2CC2)nc1C. The largest absolute Gasteiger partial charge is 0.345 e. The Kier molecular flexibility index (Phi) is 4.05.